The molecule has 0 bridgehead atoms. The fourth-order valence-electron chi connectivity index (χ4n) is 3.25. The Balaban J connectivity index is 1.69. The highest BCUT2D eigenvalue weighted by atomic mass is 32.1. The molecule has 2 aliphatic rings. The molecule has 1 fully saturated rings. The Bertz CT molecular complexity index is 473. The maximum atomic E-state index is 12.8. The quantitative estimate of drug-likeness (QED) is 0.875. The molecule has 1 aliphatic carbocycles. The van der Waals surface area contributed by atoms with E-state index in [4.69, 9.17) is 4.74 Å². The normalized spacial score (nSPS) is 20.7. The molecule has 1 atom stereocenters. The summed E-state index contributed by atoms with van der Waals surface area (Å²) in [5.74, 6) is 0.181. The monoisotopic (exact) mass is 308 g/mol. The van der Waals surface area contributed by atoms with Crippen LogP contribution in [-0.4, -0.2) is 50.2 Å². The smallest absolute Gasteiger partial charge is 0.264 e. The number of rotatable bonds is 6. The summed E-state index contributed by atoms with van der Waals surface area (Å²) in [5, 5.41) is 3.48. The Morgan fingerprint density at radius 2 is 2.38 bits per heavy atom. The predicted octanol–water partition coefficient (Wildman–Crippen LogP) is 2.08. The van der Waals surface area contributed by atoms with Gasteiger partial charge in [0.2, 0.25) is 0 Å². The van der Waals surface area contributed by atoms with Crippen LogP contribution in [0.5, 0.6) is 0 Å². The third kappa shape index (κ3) is 3.47. The molecule has 2 heterocycles. The third-order valence-corrected chi connectivity index (χ3v) is 5.64. The zero-order chi connectivity index (χ0) is 14.7. The van der Waals surface area contributed by atoms with Gasteiger partial charge in [0.1, 0.15) is 0 Å². The van der Waals surface area contributed by atoms with Crippen LogP contribution in [0.1, 0.15) is 39.4 Å². The lowest BCUT2D eigenvalue weighted by Crippen LogP contribution is -2.42. The van der Waals surface area contributed by atoms with Gasteiger partial charge in [0.15, 0.2) is 0 Å². The third-order valence-electron chi connectivity index (χ3n) is 4.41. The van der Waals surface area contributed by atoms with Gasteiger partial charge in [0, 0.05) is 31.1 Å². The number of carbonyl (C=O) groups excluding carboxylic acids is 1. The number of thiophene rings is 1. The van der Waals surface area contributed by atoms with Crippen LogP contribution in [0.2, 0.25) is 0 Å². The molecule has 1 aromatic heterocycles. The summed E-state index contributed by atoms with van der Waals surface area (Å²) >= 11 is 1.70. The summed E-state index contributed by atoms with van der Waals surface area (Å²) < 4.78 is 5.17. The van der Waals surface area contributed by atoms with Crippen LogP contribution in [-0.2, 0) is 17.6 Å². The molecule has 1 unspecified atom stereocenters. The van der Waals surface area contributed by atoms with Gasteiger partial charge in [-0.1, -0.05) is 0 Å². The SMILES string of the molecule is COCCN(CC1CCCN1)C(=O)c1cc2c(s1)CCC2. The molecule has 0 aromatic carbocycles. The average Bonchev–Trinajstić information content (AvgIpc) is 3.18. The number of amides is 1. The van der Waals surface area contributed by atoms with E-state index in [1.807, 2.05) is 4.90 Å². The summed E-state index contributed by atoms with van der Waals surface area (Å²) in [7, 11) is 1.69. The highest BCUT2D eigenvalue weighted by Crippen LogP contribution is 2.31. The number of carbonyl (C=O) groups is 1. The lowest BCUT2D eigenvalue weighted by molar-refractivity contribution is 0.0684. The molecule has 1 N–H and O–H groups in total. The maximum Gasteiger partial charge on any atom is 0.264 e. The summed E-state index contributed by atoms with van der Waals surface area (Å²) in [4.78, 5) is 17.1. The molecular formula is C16H24N2O2S. The van der Waals surface area contributed by atoms with Crippen molar-refractivity contribution < 1.29 is 9.53 Å². The van der Waals surface area contributed by atoms with Crippen molar-refractivity contribution in [2.45, 2.75) is 38.1 Å². The number of hydrogen-bond acceptors (Lipinski definition) is 4. The van der Waals surface area contributed by atoms with E-state index in [0.29, 0.717) is 19.2 Å². The van der Waals surface area contributed by atoms with E-state index >= 15 is 0 Å². The van der Waals surface area contributed by atoms with Crippen LogP contribution in [0.3, 0.4) is 0 Å². The highest BCUT2D eigenvalue weighted by Gasteiger charge is 2.25. The van der Waals surface area contributed by atoms with E-state index in [-0.39, 0.29) is 5.91 Å². The molecule has 1 saturated heterocycles. The highest BCUT2D eigenvalue weighted by molar-refractivity contribution is 7.14. The van der Waals surface area contributed by atoms with Gasteiger partial charge in [-0.15, -0.1) is 11.3 Å². The van der Waals surface area contributed by atoms with Gasteiger partial charge in [-0.05, 0) is 50.3 Å². The molecule has 116 valence electrons. The Morgan fingerprint density at radius 3 is 3.10 bits per heavy atom. The van der Waals surface area contributed by atoms with E-state index in [2.05, 4.69) is 11.4 Å². The second-order valence-electron chi connectivity index (χ2n) is 5.95. The van der Waals surface area contributed by atoms with Crippen molar-refractivity contribution >= 4 is 17.2 Å². The van der Waals surface area contributed by atoms with Crippen molar-refractivity contribution in [1.29, 1.82) is 0 Å². The van der Waals surface area contributed by atoms with Crippen LogP contribution in [0.25, 0.3) is 0 Å². The van der Waals surface area contributed by atoms with Gasteiger partial charge < -0.3 is 15.0 Å². The Morgan fingerprint density at radius 1 is 1.48 bits per heavy atom. The predicted molar refractivity (Wildman–Crippen MR) is 85.1 cm³/mol. The van der Waals surface area contributed by atoms with Crippen LogP contribution in [0.15, 0.2) is 6.07 Å². The molecule has 0 radical (unpaired) electrons. The first-order valence-corrected chi connectivity index (χ1v) is 8.73. The minimum absolute atomic E-state index is 0.181. The van der Waals surface area contributed by atoms with Gasteiger partial charge in [-0.25, -0.2) is 0 Å². The van der Waals surface area contributed by atoms with Crippen LogP contribution in [0, 0.1) is 0 Å². The molecular weight excluding hydrogens is 284 g/mol. The molecule has 21 heavy (non-hydrogen) atoms. The topological polar surface area (TPSA) is 41.6 Å². The molecule has 1 amide bonds. The number of fused-ring (bicyclic) bond motifs is 1. The second kappa shape index (κ2) is 6.90. The van der Waals surface area contributed by atoms with Crippen LogP contribution < -0.4 is 5.32 Å². The lowest BCUT2D eigenvalue weighted by atomic mass is 10.2. The zero-order valence-electron chi connectivity index (χ0n) is 12.7. The fourth-order valence-corrected chi connectivity index (χ4v) is 4.47. The molecule has 1 aromatic rings. The molecule has 0 spiro atoms. The van der Waals surface area contributed by atoms with E-state index in [1.54, 1.807) is 18.4 Å². The van der Waals surface area contributed by atoms with E-state index in [0.717, 1.165) is 37.2 Å². The Hall–Kier alpha value is -0.910. The molecule has 3 rings (SSSR count). The number of aryl methyl sites for hydroxylation is 2. The van der Waals surface area contributed by atoms with E-state index in [9.17, 15) is 4.79 Å². The van der Waals surface area contributed by atoms with Crippen molar-refractivity contribution in [3.05, 3.63) is 21.4 Å². The molecule has 5 heteroatoms. The molecule has 0 saturated carbocycles. The average molecular weight is 308 g/mol. The zero-order valence-corrected chi connectivity index (χ0v) is 13.5. The van der Waals surface area contributed by atoms with Gasteiger partial charge >= 0.3 is 0 Å². The largest absolute Gasteiger partial charge is 0.383 e. The summed E-state index contributed by atoms with van der Waals surface area (Å²) in [5.41, 5.74) is 1.40. The van der Waals surface area contributed by atoms with Crippen molar-refractivity contribution in [2.75, 3.05) is 33.4 Å². The summed E-state index contributed by atoms with van der Waals surface area (Å²) in [6, 6.07) is 2.56. The van der Waals surface area contributed by atoms with E-state index < -0.39 is 0 Å². The first kappa shape index (κ1) is 15.0. The summed E-state index contributed by atoms with van der Waals surface area (Å²) in [6.07, 6.45) is 5.91. The summed E-state index contributed by atoms with van der Waals surface area (Å²) in [6.45, 7) is 3.15. The lowest BCUT2D eigenvalue weighted by Gasteiger charge is -2.25. The van der Waals surface area contributed by atoms with Gasteiger partial charge in [-0.3, -0.25) is 4.79 Å². The fraction of sp³-hybridized carbons (Fsp3) is 0.688. The van der Waals surface area contributed by atoms with Crippen molar-refractivity contribution in [3.63, 3.8) is 0 Å². The minimum Gasteiger partial charge on any atom is -0.383 e. The molecule has 1 aliphatic heterocycles. The number of nitrogens with one attached hydrogen (secondary N) is 1. The van der Waals surface area contributed by atoms with Crippen molar-refractivity contribution in [3.8, 4) is 0 Å². The standard InChI is InChI=1S/C16H24N2O2S/c1-20-9-8-18(11-13-5-3-7-17-13)16(19)15-10-12-4-2-6-14(12)21-15/h10,13,17H,2-9,11H2,1H3. The maximum absolute atomic E-state index is 12.8. The number of nitrogens with zero attached hydrogens (tertiary/aromatic N) is 1. The first-order valence-electron chi connectivity index (χ1n) is 7.91. The van der Waals surface area contributed by atoms with E-state index in [1.165, 1.54) is 23.3 Å². The first-order chi connectivity index (χ1) is 10.3. The Labute approximate surface area is 130 Å². The number of ether oxygens (including phenoxy) is 1. The Kier molecular flexibility index (Phi) is 4.93. The minimum atomic E-state index is 0.181. The van der Waals surface area contributed by atoms with Gasteiger partial charge in [-0.2, -0.15) is 0 Å². The second-order valence-corrected chi connectivity index (χ2v) is 7.09. The van der Waals surface area contributed by atoms with Gasteiger partial charge in [0.25, 0.3) is 5.91 Å². The van der Waals surface area contributed by atoms with Gasteiger partial charge in [0.05, 0.1) is 11.5 Å². The molecule has 4 nitrogen and oxygen atoms in total. The van der Waals surface area contributed by atoms with Crippen LogP contribution >= 0.6 is 11.3 Å². The van der Waals surface area contributed by atoms with Crippen molar-refractivity contribution in [2.24, 2.45) is 0 Å². The number of methoxy groups -OCH3 is 1. The van der Waals surface area contributed by atoms with Crippen molar-refractivity contribution in [1.82, 2.24) is 10.2 Å². The number of hydrogen-bond donors (Lipinski definition) is 1. The van der Waals surface area contributed by atoms with Crippen LogP contribution in [0.4, 0.5) is 0 Å².